The van der Waals surface area contributed by atoms with Crippen LogP contribution in [0.25, 0.3) is 0 Å². The van der Waals surface area contributed by atoms with Gasteiger partial charge in [-0.2, -0.15) is 0 Å². The van der Waals surface area contributed by atoms with Crippen LogP contribution in [0.3, 0.4) is 0 Å². The highest BCUT2D eigenvalue weighted by atomic mass is 35.5. The van der Waals surface area contributed by atoms with Gasteiger partial charge in [0.15, 0.2) is 0 Å². The van der Waals surface area contributed by atoms with E-state index in [1.165, 1.54) is 0 Å². The molecule has 0 bridgehead atoms. The van der Waals surface area contributed by atoms with Gasteiger partial charge in [-0.15, -0.1) is 11.6 Å². The van der Waals surface area contributed by atoms with Gasteiger partial charge in [0.05, 0.1) is 18.2 Å². The highest BCUT2D eigenvalue weighted by Crippen LogP contribution is 2.40. The molecule has 9 heteroatoms. The van der Waals surface area contributed by atoms with Crippen LogP contribution >= 0.6 is 11.6 Å². The molecule has 0 saturated carbocycles. The molecule has 3 heterocycles. The van der Waals surface area contributed by atoms with E-state index in [0.717, 1.165) is 25.1 Å². The SMILES string of the molecule is CC(C)(CCl)C(=O)N1CCC2(CC1)C(=O)N(CC(=O)NCC1CCCO1)CN2c1ccccc1. The van der Waals surface area contributed by atoms with E-state index in [0.29, 0.717) is 39.1 Å². The Hall–Kier alpha value is -2.32. The molecule has 0 aromatic heterocycles. The van der Waals surface area contributed by atoms with Crippen LogP contribution < -0.4 is 10.2 Å². The first-order valence-corrected chi connectivity index (χ1v) is 12.7. The molecule has 1 spiro atoms. The van der Waals surface area contributed by atoms with Crippen LogP contribution in [0.4, 0.5) is 5.69 Å². The predicted molar refractivity (Wildman–Crippen MR) is 131 cm³/mol. The average Bonchev–Trinajstić information content (AvgIpc) is 3.46. The number of para-hydroxylation sites is 1. The van der Waals surface area contributed by atoms with E-state index in [1.807, 2.05) is 49.1 Å². The number of carbonyl (C=O) groups is 3. The molecule has 8 nitrogen and oxygen atoms in total. The zero-order chi connectivity index (χ0) is 24.3. The lowest BCUT2D eigenvalue weighted by atomic mass is 9.84. The zero-order valence-corrected chi connectivity index (χ0v) is 20.9. The van der Waals surface area contributed by atoms with Gasteiger partial charge in [-0.05, 0) is 51.7 Å². The number of alkyl halides is 1. The number of rotatable bonds is 7. The number of anilines is 1. The minimum absolute atomic E-state index is 0.0125. The number of likely N-dealkylation sites (tertiary alicyclic amines) is 1. The number of benzene rings is 1. The lowest BCUT2D eigenvalue weighted by Crippen LogP contribution is -2.58. The number of nitrogens with one attached hydrogen (secondary N) is 1. The third-order valence-corrected chi connectivity index (χ3v) is 7.93. The molecule has 0 aliphatic carbocycles. The summed E-state index contributed by atoms with van der Waals surface area (Å²) in [5.74, 6) is 0.0364. The lowest BCUT2D eigenvalue weighted by Gasteiger charge is -2.44. The maximum atomic E-state index is 13.7. The van der Waals surface area contributed by atoms with Crippen LogP contribution in [-0.2, 0) is 19.1 Å². The van der Waals surface area contributed by atoms with Crippen molar-refractivity contribution in [3.63, 3.8) is 0 Å². The van der Waals surface area contributed by atoms with E-state index >= 15 is 0 Å². The minimum Gasteiger partial charge on any atom is -0.376 e. The fourth-order valence-electron chi connectivity index (χ4n) is 5.15. The van der Waals surface area contributed by atoms with E-state index in [1.54, 1.807) is 4.90 Å². The topological polar surface area (TPSA) is 82.2 Å². The van der Waals surface area contributed by atoms with Crippen molar-refractivity contribution in [3.05, 3.63) is 30.3 Å². The Morgan fingerprint density at radius 1 is 1.21 bits per heavy atom. The number of hydrogen-bond donors (Lipinski definition) is 1. The summed E-state index contributed by atoms with van der Waals surface area (Å²) < 4.78 is 5.58. The quantitative estimate of drug-likeness (QED) is 0.593. The maximum Gasteiger partial charge on any atom is 0.250 e. The van der Waals surface area contributed by atoms with E-state index in [4.69, 9.17) is 16.3 Å². The summed E-state index contributed by atoms with van der Waals surface area (Å²) in [6.45, 7) is 6.22. The first kappa shape index (κ1) is 24.8. The molecule has 1 atom stereocenters. The summed E-state index contributed by atoms with van der Waals surface area (Å²) in [7, 11) is 0. The summed E-state index contributed by atoms with van der Waals surface area (Å²) in [4.78, 5) is 44.9. The summed E-state index contributed by atoms with van der Waals surface area (Å²) in [6, 6.07) is 9.83. The summed E-state index contributed by atoms with van der Waals surface area (Å²) in [5, 5.41) is 2.92. The Morgan fingerprint density at radius 3 is 2.53 bits per heavy atom. The fraction of sp³-hybridized carbons (Fsp3) is 0.640. The lowest BCUT2D eigenvalue weighted by molar-refractivity contribution is -0.144. The van der Waals surface area contributed by atoms with Gasteiger partial charge in [-0.3, -0.25) is 14.4 Å². The second kappa shape index (κ2) is 10.1. The molecule has 0 radical (unpaired) electrons. The highest BCUT2D eigenvalue weighted by molar-refractivity contribution is 6.19. The molecule has 1 N–H and O–H groups in total. The molecule has 1 aromatic rings. The van der Waals surface area contributed by atoms with Crippen molar-refractivity contribution < 1.29 is 19.1 Å². The van der Waals surface area contributed by atoms with Crippen molar-refractivity contribution >= 4 is 35.0 Å². The Labute approximate surface area is 206 Å². The van der Waals surface area contributed by atoms with Gasteiger partial charge >= 0.3 is 0 Å². The number of amides is 3. The van der Waals surface area contributed by atoms with Crippen molar-refractivity contribution in [2.45, 2.75) is 51.2 Å². The van der Waals surface area contributed by atoms with Crippen molar-refractivity contribution in [1.82, 2.24) is 15.1 Å². The Morgan fingerprint density at radius 2 is 1.91 bits per heavy atom. The molecule has 3 saturated heterocycles. The molecule has 1 aromatic carbocycles. The van der Waals surface area contributed by atoms with Gasteiger partial charge in [0.25, 0.3) is 5.91 Å². The van der Waals surface area contributed by atoms with E-state index in [9.17, 15) is 14.4 Å². The van der Waals surface area contributed by atoms with Gasteiger partial charge in [0.2, 0.25) is 11.8 Å². The maximum absolute atomic E-state index is 13.7. The van der Waals surface area contributed by atoms with Gasteiger partial charge < -0.3 is 24.8 Å². The van der Waals surface area contributed by atoms with Crippen LogP contribution in [0, 0.1) is 5.41 Å². The molecule has 3 aliphatic heterocycles. The minimum atomic E-state index is -0.766. The molecule has 1 unspecified atom stereocenters. The van der Waals surface area contributed by atoms with Crippen LogP contribution in [0.2, 0.25) is 0 Å². The summed E-state index contributed by atoms with van der Waals surface area (Å²) in [6.07, 6.45) is 3.05. The normalized spacial score (nSPS) is 22.5. The molecule has 4 rings (SSSR count). The van der Waals surface area contributed by atoms with Gasteiger partial charge in [0.1, 0.15) is 12.1 Å². The van der Waals surface area contributed by atoms with Crippen molar-refractivity contribution in [2.75, 3.05) is 50.2 Å². The molecular weight excluding hydrogens is 456 g/mol. The van der Waals surface area contributed by atoms with Gasteiger partial charge in [0, 0.05) is 37.8 Å². The zero-order valence-electron chi connectivity index (χ0n) is 20.1. The van der Waals surface area contributed by atoms with Crippen molar-refractivity contribution in [2.24, 2.45) is 5.41 Å². The average molecular weight is 491 g/mol. The van der Waals surface area contributed by atoms with Crippen molar-refractivity contribution in [1.29, 1.82) is 0 Å². The molecule has 186 valence electrons. The first-order chi connectivity index (χ1) is 16.3. The summed E-state index contributed by atoms with van der Waals surface area (Å²) in [5.41, 5.74) is -0.463. The molecule has 3 fully saturated rings. The molecule has 34 heavy (non-hydrogen) atoms. The third-order valence-electron chi connectivity index (χ3n) is 7.26. The number of nitrogens with zero attached hydrogens (tertiary/aromatic N) is 3. The Balaban J connectivity index is 1.47. The van der Waals surface area contributed by atoms with Crippen LogP contribution in [0.1, 0.15) is 39.5 Å². The predicted octanol–water partition coefficient (Wildman–Crippen LogP) is 2.21. The monoisotopic (exact) mass is 490 g/mol. The standard InChI is InChI=1S/C25H35ClN4O4/c1-24(2,17-26)22(32)28-12-10-25(11-13-28)23(33)29(18-30(25)19-7-4-3-5-8-19)16-21(31)27-15-20-9-6-14-34-20/h3-5,7-8,20H,6,9-18H2,1-2H3,(H,27,31). The van der Waals surface area contributed by atoms with Crippen LogP contribution in [0.15, 0.2) is 30.3 Å². The van der Waals surface area contributed by atoms with Gasteiger partial charge in [-0.1, -0.05) is 18.2 Å². The van der Waals surface area contributed by atoms with E-state index in [2.05, 4.69) is 10.2 Å². The number of piperidine rings is 1. The largest absolute Gasteiger partial charge is 0.376 e. The Kier molecular flexibility index (Phi) is 7.38. The smallest absolute Gasteiger partial charge is 0.250 e. The number of halogens is 1. The second-order valence-corrected chi connectivity index (χ2v) is 10.5. The molecule has 3 aliphatic rings. The number of hydrogen-bond acceptors (Lipinski definition) is 5. The van der Waals surface area contributed by atoms with Crippen molar-refractivity contribution in [3.8, 4) is 0 Å². The van der Waals surface area contributed by atoms with Gasteiger partial charge in [-0.25, -0.2) is 0 Å². The number of carbonyl (C=O) groups excluding carboxylic acids is 3. The molecular formula is C25H35ClN4O4. The second-order valence-electron chi connectivity index (χ2n) is 10.2. The number of ether oxygens (including phenoxy) is 1. The first-order valence-electron chi connectivity index (χ1n) is 12.1. The van der Waals surface area contributed by atoms with E-state index in [-0.39, 0.29) is 36.3 Å². The molecule has 3 amide bonds. The fourth-order valence-corrected chi connectivity index (χ4v) is 5.26. The Bertz CT molecular complexity index is 895. The van der Waals surface area contributed by atoms with E-state index < -0.39 is 11.0 Å². The highest BCUT2D eigenvalue weighted by Gasteiger charge is 2.54. The van der Waals surface area contributed by atoms with Crippen LogP contribution in [-0.4, -0.2) is 84.5 Å². The summed E-state index contributed by atoms with van der Waals surface area (Å²) >= 11 is 6.03. The third kappa shape index (κ3) is 4.89. The van der Waals surface area contributed by atoms with Crippen LogP contribution in [0.5, 0.6) is 0 Å².